The summed E-state index contributed by atoms with van der Waals surface area (Å²) in [5, 5.41) is 14.4. The number of methoxy groups -OCH3 is 1. The first kappa shape index (κ1) is 26.0. The monoisotopic (exact) mass is 530 g/mol. The van der Waals surface area contributed by atoms with Crippen LogP contribution < -0.4 is 15.0 Å². The fourth-order valence-electron chi connectivity index (χ4n) is 4.02. The van der Waals surface area contributed by atoms with E-state index in [9.17, 15) is 19.3 Å². The smallest absolute Gasteiger partial charge is 0.343 e. The van der Waals surface area contributed by atoms with Crippen molar-refractivity contribution in [2.75, 3.05) is 23.9 Å². The van der Waals surface area contributed by atoms with Gasteiger partial charge < -0.3 is 19.7 Å². The standard InChI is InChI=1S/C24H24ClFN6O5/c1-12(2)37-22(33)13-10-27-23(28-15-9-17(32(34)35)14(26)8-18(15)36-5)30-21(13)31-11-24(3,4)20-16(31)6-7-19(25)29-20/h6-10,12H,11H2,1-5H3,(H,27,28,30). The van der Waals surface area contributed by atoms with Crippen LogP contribution in [0.5, 0.6) is 5.75 Å². The van der Waals surface area contributed by atoms with Gasteiger partial charge in [-0.1, -0.05) is 25.4 Å². The fourth-order valence-corrected chi connectivity index (χ4v) is 4.17. The van der Waals surface area contributed by atoms with Gasteiger partial charge in [0.15, 0.2) is 5.82 Å². The number of carbonyl (C=O) groups is 1. The molecule has 3 aromatic rings. The molecule has 0 amide bonds. The van der Waals surface area contributed by atoms with Crippen molar-refractivity contribution in [2.24, 2.45) is 0 Å². The molecule has 194 valence electrons. The number of fused-ring (bicyclic) bond motifs is 1. The normalized spacial score (nSPS) is 13.9. The summed E-state index contributed by atoms with van der Waals surface area (Å²) in [4.78, 5) is 38.4. The van der Waals surface area contributed by atoms with Gasteiger partial charge in [0.25, 0.3) is 0 Å². The first-order valence-electron chi connectivity index (χ1n) is 11.2. The Kier molecular flexibility index (Phi) is 6.87. The van der Waals surface area contributed by atoms with E-state index in [-0.39, 0.29) is 34.9 Å². The highest BCUT2D eigenvalue weighted by Crippen LogP contribution is 2.44. The van der Waals surface area contributed by atoms with Gasteiger partial charge in [-0.15, -0.1) is 0 Å². The van der Waals surface area contributed by atoms with Crippen molar-refractivity contribution >= 4 is 46.4 Å². The molecule has 3 heterocycles. The minimum Gasteiger partial charge on any atom is -0.494 e. The lowest BCUT2D eigenvalue weighted by Crippen LogP contribution is -2.28. The number of carbonyl (C=O) groups excluding carboxylic acids is 1. The average molecular weight is 531 g/mol. The van der Waals surface area contributed by atoms with Crippen LogP contribution in [0.2, 0.25) is 5.15 Å². The van der Waals surface area contributed by atoms with Crippen molar-refractivity contribution in [1.29, 1.82) is 0 Å². The van der Waals surface area contributed by atoms with Crippen molar-refractivity contribution < 1.29 is 23.6 Å². The average Bonchev–Trinajstić information content (AvgIpc) is 3.09. The lowest BCUT2D eigenvalue weighted by molar-refractivity contribution is -0.387. The zero-order chi connectivity index (χ0) is 27.1. The van der Waals surface area contributed by atoms with Crippen LogP contribution in [0.1, 0.15) is 43.7 Å². The SMILES string of the molecule is COc1cc(F)c([N+](=O)[O-])cc1Nc1ncc(C(=O)OC(C)C)c(N2CC(C)(C)c3nc(Cl)ccc32)n1. The van der Waals surface area contributed by atoms with E-state index in [1.54, 1.807) is 26.0 Å². The number of nitrogens with one attached hydrogen (secondary N) is 1. The van der Waals surface area contributed by atoms with Gasteiger partial charge in [0, 0.05) is 30.3 Å². The van der Waals surface area contributed by atoms with Crippen molar-refractivity contribution in [1.82, 2.24) is 15.0 Å². The Morgan fingerprint density at radius 3 is 2.68 bits per heavy atom. The highest BCUT2D eigenvalue weighted by Gasteiger charge is 2.40. The highest BCUT2D eigenvalue weighted by molar-refractivity contribution is 6.29. The van der Waals surface area contributed by atoms with Crippen LogP contribution in [0.25, 0.3) is 0 Å². The first-order chi connectivity index (χ1) is 17.4. The van der Waals surface area contributed by atoms with E-state index >= 15 is 0 Å². The van der Waals surface area contributed by atoms with Gasteiger partial charge in [-0.2, -0.15) is 9.37 Å². The number of rotatable bonds is 7. The number of hydrogen-bond donors (Lipinski definition) is 1. The summed E-state index contributed by atoms with van der Waals surface area (Å²) in [6, 6.07) is 5.31. The minimum absolute atomic E-state index is 0.00281. The number of hydrogen-bond acceptors (Lipinski definition) is 10. The number of anilines is 4. The molecular weight excluding hydrogens is 507 g/mol. The topological polar surface area (TPSA) is 133 Å². The Bertz CT molecular complexity index is 1400. The summed E-state index contributed by atoms with van der Waals surface area (Å²) >= 11 is 6.15. The molecule has 0 atom stereocenters. The van der Waals surface area contributed by atoms with Gasteiger partial charge in [-0.25, -0.2) is 14.8 Å². The molecule has 0 spiro atoms. The number of nitrogens with zero attached hydrogens (tertiary/aromatic N) is 5. The largest absolute Gasteiger partial charge is 0.494 e. The third-order valence-corrected chi connectivity index (χ3v) is 5.83. The molecular formula is C24H24ClFN6O5. The van der Waals surface area contributed by atoms with Crippen LogP contribution in [0.15, 0.2) is 30.5 Å². The summed E-state index contributed by atoms with van der Waals surface area (Å²) in [5.74, 6) is -1.45. The van der Waals surface area contributed by atoms with Crippen LogP contribution in [0.4, 0.5) is 33.2 Å². The Morgan fingerprint density at radius 1 is 1.30 bits per heavy atom. The number of esters is 1. The Labute approximate surface area is 216 Å². The molecule has 0 fully saturated rings. The van der Waals surface area contributed by atoms with E-state index in [0.29, 0.717) is 17.4 Å². The van der Waals surface area contributed by atoms with Crippen LogP contribution in [-0.4, -0.2) is 45.6 Å². The number of halogens is 2. The van der Waals surface area contributed by atoms with Gasteiger partial charge in [-0.05, 0) is 26.0 Å². The van der Waals surface area contributed by atoms with Crippen LogP contribution in [-0.2, 0) is 10.2 Å². The van der Waals surface area contributed by atoms with E-state index in [1.807, 2.05) is 18.7 Å². The summed E-state index contributed by atoms with van der Waals surface area (Å²) in [6.07, 6.45) is 0.915. The van der Waals surface area contributed by atoms with Gasteiger partial charge in [0.1, 0.15) is 16.5 Å². The zero-order valence-electron chi connectivity index (χ0n) is 20.7. The predicted octanol–water partition coefficient (Wildman–Crippen LogP) is 5.32. The summed E-state index contributed by atoms with van der Waals surface area (Å²) in [7, 11) is 1.30. The molecule has 37 heavy (non-hydrogen) atoms. The molecule has 0 aliphatic carbocycles. The Morgan fingerprint density at radius 2 is 2.03 bits per heavy atom. The molecule has 13 heteroatoms. The fraction of sp³-hybridized carbons (Fsp3) is 0.333. The zero-order valence-corrected chi connectivity index (χ0v) is 21.5. The van der Waals surface area contributed by atoms with Gasteiger partial charge in [-0.3, -0.25) is 10.1 Å². The highest BCUT2D eigenvalue weighted by atomic mass is 35.5. The van der Waals surface area contributed by atoms with Gasteiger partial charge in [0.2, 0.25) is 11.8 Å². The third-order valence-electron chi connectivity index (χ3n) is 5.62. The van der Waals surface area contributed by atoms with E-state index in [4.69, 9.17) is 21.1 Å². The second kappa shape index (κ2) is 9.77. The molecule has 1 aromatic carbocycles. The van der Waals surface area contributed by atoms with Crippen LogP contribution in [0, 0.1) is 15.9 Å². The molecule has 0 saturated heterocycles. The summed E-state index contributed by atoms with van der Waals surface area (Å²) in [5.41, 5.74) is 0.418. The molecule has 0 unspecified atom stereocenters. The lowest BCUT2D eigenvalue weighted by Gasteiger charge is -2.23. The Hall–Kier alpha value is -4.06. The maximum atomic E-state index is 14.1. The summed E-state index contributed by atoms with van der Waals surface area (Å²) in [6.45, 7) is 7.85. The first-order valence-corrected chi connectivity index (χ1v) is 11.6. The number of benzene rings is 1. The van der Waals surface area contributed by atoms with E-state index in [1.165, 1.54) is 13.3 Å². The Balaban J connectivity index is 1.83. The molecule has 11 nitrogen and oxygen atoms in total. The molecule has 1 aliphatic heterocycles. The van der Waals surface area contributed by atoms with Crippen molar-refractivity contribution in [3.63, 3.8) is 0 Å². The minimum atomic E-state index is -1.05. The third kappa shape index (κ3) is 5.10. The van der Waals surface area contributed by atoms with E-state index in [0.717, 1.165) is 17.8 Å². The molecule has 1 N–H and O–H groups in total. The molecule has 0 bridgehead atoms. The maximum absolute atomic E-state index is 14.1. The second-order valence-corrected chi connectivity index (χ2v) is 9.63. The maximum Gasteiger partial charge on any atom is 0.343 e. The quantitative estimate of drug-likeness (QED) is 0.185. The molecule has 0 radical (unpaired) electrons. The number of pyridine rings is 1. The number of nitro groups is 1. The van der Waals surface area contributed by atoms with Crippen molar-refractivity contribution in [3.8, 4) is 5.75 Å². The summed E-state index contributed by atoms with van der Waals surface area (Å²) < 4.78 is 24.7. The lowest BCUT2D eigenvalue weighted by atomic mass is 9.91. The number of nitro benzene ring substituents is 1. The van der Waals surface area contributed by atoms with E-state index < -0.39 is 27.8 Å². The van der Waals surface area contributed by atoms with Gasteiger partial charge >= 0.3 is 11.7 Å². The van der Waals surface area contributed by atoms with Crippen molar-refractivity contribution in [2.45, 2.75) is 39.2 Å². The van der Waals surface area contributed by atoms with Gasteiger partial charge in [0.05, 0.1) is 35.2 Å². The second-order valence-electron chi connectivity index (χ2n) is 9.24. The molecule has 0 saturated carbocycles. The molecule has 1 aliphatic rings. The van der Waals surface area contributed by atoms with Crippen molar-refractivity contribution in [3.05, 3.63) is 62.8 Å². The number of ether oxygens (including phenoxy) is 2. The van der Waals surface area contributed by atoms with Crippen LogP contribution >= 0.6 is 11.6 Å². The molecule has 2 aromatic heterocycles. The van der Waals surface area contributed by atoms with Crippen LogP contribution in [0.3, 0.4) is 0 Å². The molecule has 4 rings (SSSR count). The van der Waals surface area contributed by atoms with E-state index in [2.05, 4.69) is 20.3 Å². The number of aromatic nitrogens is 3. The predicted molar refractivity (Wildman–Crippen MR) is 135 cm³/mol.